The smallest absolute Gasteiger partial charge is 0.243 e. The number of benzene rings is 1. The number of nitrogens with zero attached hydrogens (tertiary/aromatic N) is 1. The van der Waals surface area contributed by atoms with Gasteiger partial charge in [-0.3, -0.25) is 9.59 Å². The van der Waals surface area contributed by atoms with E-state index >= 15 is 0 Å². The van der Waals surface area contributed by atoms with E-state index in [-0.39, 0.29) is 41.8 Å². The molecule has 2 N–H and O–H groups in total. The molecule has 1 aliphatic carbocycles. The van der Waals surface area contributed by atoms with Crippen molar-refractivity contribution in [1.82, 2.24) is 14.9 Å². The Morgan fingerprint density at radius 2 is 1.85 bits per heavy atom. The van der Waals surface area contributed by atoms with Gasteiger partial charge in [-0.15, -0.1) is 0 Å². The van der Waals surface area contributed by atoms with Crippen molar-refractivity contribution in [3.63, 3.8) is 0 Å². The van der Waals surface area contributed by atoms with E-state index in [0.29, 0.717) is 0 Å². The largest absolute Gasteiger partial charge is 0.353 e. The highest BCUT2D eigenvalue weighted by Gasteiger charge is 2.40. The minimum Gasteiger partial charge on any atom is -0.353 e. The molecule has 2 aliphatic rings. The third-order valence-electron chi connectivity index (χ3n) is 4.93. The number of rotatable bonds is 5. The van der Waals surface area contributed by atoms with E-state index in [2.05, 4.69) is 31.4 Å². The van der Waals surface area contributed by atoms with Crippen molar-refractivity contribution in [3.8, 4) is 0 Å². The molecule has 1 heterocycles. The molecule has 148 valence electrons. The second-order valence-electron chi connectivity index (χ2n) is 8.24. The number of sulfonamides is 1. The molecule has 1 aromatic rings. The molecule has 1 saturated heterocycles. The van der Waals surface area contributed by atoms with Crippen molar-refractivity contribution in [2.75, 3.05) is 13.1 Å². The highest BCUT2D eigenvalue weighted by atomic mass is 32.2. The number of piperazine rings is 1. The van der Waals surface area contributed by atoms with Crippen molar-refractivity contribution in [2.45, 2.75) is 62.4 Å². The summed E-state index contributed by atoms with van der Waals surface area (Å²) in [6.45, 7) is 6.55. The maximum Gasteiger partial charge on any atom is 0.243 e. The summed E-state index contributed by atoms with van der Waals surface area (Å²) in [5, 5.41) is 5.48. The second-order valence-corrected chi connectivity index (χ2v) is 10.1. The van der Waals surface area contributed by atoms with E-state index in [0.717, 1.165) is 22.7 Å². The summed E-state index contributed by atoms with van der Waals surface area (Å²) in [7, 11) is -3.87. The molecule has 1 saturated carbocycles. The summed E-state index contributed by atoms with van der Waals surface area (Å²) >= 11 is 0. The first kappa shape index (κ1) is 19.8. The number of carbonyl (C=O) groups is 2. The Hall–Kier alpha value is -1.93. The molecule has 1 aliphatic heterocycles. The van der Waals surface area contributed by atoms with Gasteiger partial charge in [-0.1, -0.05) is 32.9 Å². The molecular weight excluding hydrogens is 366 g/mol. The normalized spacial score (nSPS) is 21.6. The van der Waals surface area contributed by atoms with E-state index in [1.807, 2.05) is 0 Å². The third kappa shape index (κ3) is 4.50. The van der Waals surface area contributed by atoms with Crippen LogP contribution < -0.4 is 10.6 Å². The van der Waals surface area contributed by atoms with Crippen LogP contribution in [-0.2, 0) is 25.0 Å². The van der Waals surface area contributed by atoms with Crippen LogP contribution in [0.4, 0.5) is 0 Å². The van der Waals surface area contributed by atoms with Gasteiger partial charge >= 0.3 is 0 Å². The average molecular weight is 394 g/mol. The summed E-state index contributed by atoms with van der Waals surface area (Å²) in [6.07, 6.45) is 1.71. The molecule has 7 nitrogen and oxygen atoms in total. The van der Waals surface area contributed by atoms with Gasteiger partial charge in [0.05, 0.1) is 11.3 Å². The Kier molecular flexibility index (Phi) is 5.31. The number of amides is 2. The topological polar surface area (TPSA) is 95.6 Å². The summed E-state index contributed by atoms with van der Waals surface area (Å²) in [6, 6.07) is 5.88. The minimum absolute atomic E-state index is 0.0866. The molecule has 1 atom stereocenters. The van der Waals surface area contributed by atoms with Gasteiger partial charge in [0, 0.05) is 19.1 Å². The van der Waals surface area contributed by atoms with Gasteiger partial charge in [-0.05, 0) is 36.0 Å². The Bertz CT molecular complexity index is 824. The second kappa shape index (κ2) is 7.24. The van der Waals surface area contributed by atoms with Gasteiger partial charge < -0.3 is 10.6 Å². The number of hydrogen-bond acceptors (Lipinski definition) is 4. The fraction of sp³-hybridized carbons (Fsp3) is 0.579. The van der Waals surface area contributed by atoms with Gasteiger partial charge in [-0.2, -0.15) is 4.31 Å². The lowest BCUT2D eigenvalue weighted by molar-refractivity contribution is -0.131. The van der Waals surface area contributed by atoms with Crippen molar-refractivity contribution in [1.29, 1.82) is 0 Å². The molecule has 0 aromatic heterocycles. The number of carbonyl (C=O) groups excluding carboxylic acids is 2. The van der Waals surface area contributed by atoms with Gasteiger partial charge in [0.25, 0.3) is 0 Å². The zero-order chi connectivity index (χ0) is 19.8. The fourth-order valence-electron chi connectivity index (χ4n) is 3.13. The molecule has 0 radical (unpaired) electrons. The fourth-order valence-corrected chi connectivity index (χ4v) is 4.72. The van der Waals surface area contributed by atoms with E-state index in [9.17, 15) is 18.0 Å². The molecule has 27 heavy (non-hydrogen) atoms. The molecule has 1 aromatic carbocycles. The van der Waals surface area contributed by atoms with Gasteiger partial charge in [0.2, 0.25) is 21.8 Å². The van der Waals surface area contributed by atoms with Gasteiger partial charge in [0.1, 0.15) is 6.04 Å². The lowest BCUT2D eigenvalue weighted by Crippen LogP contribution is -2.58. The molecule has 3 rings (SSSR count). The lowest BCUT2D eigenvalue weighted by Gasteiger charge is -2.33. The molecule has 0 unspecified atom stereocenters. The van der Waals surface area contributed by atoms with Crippen molar-refractivity contribution in [2.24, 2.45) is 0 Å². The van der Waals surface area contributed by atoms with Crippen LogP contribution in [0, 0.1) is 0 Å². The Morgan fingerprint density at radius 1 is 1.22 bits per heavy atom. The first-order valence-electron chi connectivity index (χ1n) is 9.28. The van der Waals surface area contributed by atoms with Gasteiger partial charge in [-0.25, -0.2) is 8.42 Å². The SMILES string of the molecule is CC(C)(C)c1ccc(S(=O)(=O)N2CCNC(=O)[C@H]2CC(=O)NC2CC2)cc1. The van der Waals surface area contributed by atoms with Crippen LogP contribution in [-0.4, -0.2) is 49.7 Å². The van der Waals surface area contributed by atoms with Crippen LogP contribution in [0.3, 0.4) is 0 Å². The number of nitrogens with one attached hydrogen (secondary N) is 2. The highest BCUT2D eigenvalue weighted by molar-refractivity contribution is 7.89. The van der Waals surface area contributed by atoms with Crippen LogP contribution in [0.5, 0.6) is 0 Å². The molecule has 2 amide bonds. The van der Waals surface area contributed by atoms with Crippen LogP contribution in [0.15, 0.2) is 29.2 Å². The van der Waals surface area contributed by atoms with Crippen LogP contribution >= 0.6 is 0 Å². The molecular formula is C19H27N3O4S. The highest BCUT2D eigenvalue weighted by Crippen LogP contribution is 2.26. The predicted octanol–water partition coefficient (Wildman–Crippen LogP) is 1.14. The summed E-state index contributed by atoms with van der Waals surface area (Å²) < 4.78 is 27.4. The predicted molar refractivity (Wildman–Crippen MR) is 102 cm³/mol. The Labute approximate surface area is 160 Å². The third-order valence-corrected chi connectivity index (χ3v) is 6.85. The maximum atomic E-state index is 13.1. The zero-order valence-corrected chi connectivity index (χ0v) is 16.8. The van der Waals surface area contributed by atoms with Crippen LogP contribution in [0.2, 0.25) is 0 Å². The number of hydrogen-bond donors (Lipinski definition) is 2. The minimum atomic E-state index is -3.87. The molecule has 8 heteroatoms. The van der Waals surface area contributed by atoms with E-state index in [4.69, 9.17) is 0 Å². The van der Waals surface area contributed by atoms with Gasteiger partial charge in [0.15, 0.2) is 0 Å². The first-order chi connectivity index (χ1) is 12.6. The Balaban J connectivity index is 1.83. The van der Waals surface area contributed by atoms with Crippen LogP contribution in [0.1, 0.15) is 45.6 Å². The van der Waals surface area contributed by atoms with E-state index in [1.165, 1.54) is 0 Å². The quantitative estimate of drug-likeness (QED) is 0.784. The summed E-state index contributed by atoms with van der Waals surface area (Å²) in [5.74, 6) is -0.718. The van der Waals surface area contributed by atoms with Crippen LogP contribution in [0.25, 0.3) is 0 Å². The monoisotopic (exact) mass is 393 g/mol. The average Bonchev–Trinajstić information content (AvgIpc) is 3.39. The lowest BCUT2D eigenvalue weighted by atomic mass is 9.87. The van der Waals surface area contributed by atoms with E-state index < -0.39 is 22.0 Å². The molecule has 2 fully saturated rings. The van der Waals surface area contributed by atoms with Crippen molar-refractivity contribution in [3.05, 3.63) is 29.8 Å². The Morgan fingerprint density at radius 3 is 2.41 bits per heavy atom. The summed E-state index contributed by atoms with van der Waals surface area (Å²) in [5.41, 5.74) is 0.940. The summed E-state index contributed by atoms with van der Waals surface area (Å²) in [4.78, 5) is 24.6. The standard InChI is InChI=1S/C19H27N3O4S/c1-19(2,3)13-4-8-15(9-5-13)27(25,26)22-11-10-20-18(24)16(22)12-17(23)21-14-6-7-14/h4-5,8-9,14,16H,6-7,10-12H2,1-3H3,(H,20,24)(H,21,23)/t16-/m1/s1. The first-order valence-corrected chi connectivity index (χ1v) is 10.7. The van der Waals surface area contributed by atoms with Crippen molar-refractivity contribution >= 4 is 21.8 Å². The van der Waals surface area contributed by atoms with Crippen molar-refractivity contribution < 1.29 is 18.0 Å². The molecule has 0 bridgehead atoms. The molecule has 0 spiro atoms. The maximum absolute atomic E-state index is 13.1. The zero-order valence-electron chi connectivity index (χ0n) is 16.0. The van der Waals surface area contributed by atoms with E-state index in [1.54, 1.807) is 24.3 Å².